The van der Waals surface area contributed by atoms with Crippen molar-refractivity contribution in [3.05, 3.63) is 0 Å². The third-order valence-corrected chi connectivity index (χ3v) is 4.19. The number of fused-ring (bicyclic) bond motifs is 1. The number of likely N-dealkylation sites (tertiary alicyclic amines) is 1. The van der Waals surface area contributed by atoms with Gasteiger partial charge in [-0.25, -0.2) is 0 Å². The van der Waals surface area contributed by atoms with Crippen LogP contribution in [0.25, 0.3) is 0 Å². The fourth-order valence-electron chi connectivity index (χ4n) is 3.38. The van der Waals surface area contributed by atoms with Crippen LogP contribution in [0.2, 0.25) is 0 Å². The first kappa shape index (κ1) is 13.8. The van der Waals surface area contributed by atoms with Crippen LogP contribution >= 0.6 is 12.4 Å². The Morgan fingerprint density at radius 2 is 2.00 bits per heavy atom. The summed E-state index contributed by atoms with van der Waals surface area (Å²) in [6.07, 6.45) is 6.31. The molecule has 3 atom stereocenters. The second-order valence-electron chi connectivity index (χ2n) is 5.15. The van der Waals surface area contributed by atoms with Gasteiger partial charge >= 0.3 is 5.97 Å². The van der Waals surface area contributed by atoms with Gasteiger partial charge in [-0.05, 0) is 37.6 Å². The third-order valence-electron chi connectivity index (χ3n) is 4.19. The topological polar surface area (TPSA) is 40.5 Å². The normalized spacial score (nSPS) is 34.9. The van der Waals surface area contributed by atoms with E-state index in [0.717, 1.165) is 18.4 Å². The quantitative estimate of drug-likeness (QED) is 0.815. The molecule has 3 unspecified atom stereocenters. The van der Waals surface area contributed by atoms with Gasteiger partial charge in [0, 0.05) is 6.04 Å². The highest BCUT2D eigenvalue weighted by Crippen LogP contribution is 2.38. The summed E-state index contributed by atoms with van der Waals surface area (Å²) < 4.78 is 0. The van der Waals surface area contributed by atoms with Crippen LogP contribution in [0, 0.1) is 11.8 Å². The number of halogens is 1. The first-order chi connectivity index (χ1) is 7.18. The molecule has 4 heteroatoms. The summed E-state index contributed by atoms with van der Waals surface area (Å²) in [5, 5.41) is 8.88. The van der Waals surface area contributed by atoms with Gasteiger partial charge in [0.25, 0.3) is 0 Å². The minimum atomic E-state index is -0.672. The molecule has 1 saturated heterocycles. The van der Waals surface area contributed by atoms with Gasteiger partial charge in [0.1, 0.15) is 0 Å². The minimum absolute atomic E-state index is 0. The monoisotopic (exact) mass is 247 g/mol. The molecule has 0 aromatic carbocycles. The molecule has 1 saturated carbocycles. The van der Waals surface area contributed by atoms with Gasteiger partial charge in [-0.3, -0.25) is 9.69 Å². The standard InChI is InChI=1S/C12H21NO2.ClH/c1-9-6-7-13(8-12(14)15)11-5-3-2-4-10(9)11;/h9-11H,2-8H2,1H3,(H,14,15);1H. The van der Waals surface area contributed by atoms with E-state index in [4.69, 9.17) is 5.11 Å². The van der Waals surface area contributed by atoms with E-state index in [1.54, 1.807) is 0 Å². The van der Waals surface area contributed by atoms with Crippen LogP contribution < -0.4 is 0 Å². The highest BCUT2D eigenvalue weighted by Gasteiger charge is 2.37. The van der Waals surface area contributed by atoms with Crippen molar-refractivity contribution in [1.29, 1.82) is 0 Å². The fraction of sp³-hybridized carbons (Fsp3) is 0.917. The molecule has 2 aliphatic rings. The van der Waals surface area contributed by atoms with Gasteiger partial charge in [0.05, 0.1) is 6.54 Å². The average Bonchev–Trinajstić information content (AvgIpc) is 2.22. The van der Waals surface area contributed by atoms with E-state index in [1.807, 2.05) is 0 Å². The van der Waals surface area contributed by atoms with Gasteiger partial charge in [-0.2, -0.15) is 0 Å². The highest BCUT2D eigenvalue weighted by molar-refractivity contribution is 5.85. The Kier molecular flexibility index (Phi) is 5.06. The second-order valence-corrected chi connectivity index (χ2v) is 5.15. The molecule has 0 aromatic rings. The van der Waals surface area contributed by atoms with Gasteiger partial charge in [-0.15, -0.1) is 12.4 Å². The largest absolute Gasteiger partial charge is 0.480 e. The van der Waals surface area contributed by atoms with Crippen molar-refractivity contribution in [2.45, 2.75) is 45.1 Å². The molecule has 0 spiro atoms. The number of hydrogen-bond donors (Lipinski definition) is 1. The lowest BCUT2D eigenvalue weighted by Crippen LogP contribution is -2.51. The Morgan fingerprint density at radius 1 is 1.31 bits per heavy atom. The molecule has 0 aromatic heterocycles. The molecule has 16 heavy (non-hydrogen) atoms. The zero-order chi connectivity index (χ0) is 10.8. The van der Waals surface area contributed by atoms with Crippen LogP contribution in [-0.2, 0) is 4.79 Å². The molecule has 1 N–H and O–H groups in total. The van der Waals surface area contributed by atoms with Gasteiger partial charge in [0.2, 0.25) is 0 Å². The maximum atomic E-state index is 10.8. The van der Waals surface area contributed by atoms with Crippen LogP contribution in [-0.4, -0.2) is 35.1 Å². The first-order valence-electron chi connectivity index (χ1n) is 6.14. The SMILES string of the molecule is CC1CCN(CC(=O)O)C2CCCCC12.Cl. The van der Waals surface area contributed by atoms with Crippen molar-refractivity contribution >= 4 is 18.4 Å². The molecule has 0 amide bonds. The zero-order valence-corrected chi connectivity index (χ0v) is 10.7. The molecular formula is C12H22ClNO2. The van der Waals surface area contributed by atoms with Crippen LogP contribution in [0.3, 0.4) is 0 Å². The van der Waals surface area contributed by atoms with Crippen LogP contribution in [0.4, 0.5) is 0 Å². The van der Waals surface area contributed by atoms with E-state index >= 15 is 0 Å². The van der Waals surface area contributed by atoms with E-state index < -0.39 is 5.97 Å². The summed E-state index contributed by atoms with van der Waals surface area (Å²) in [5.41, 5.74) is 0. The van der Waals surface area contributed by atoms with Crippen molar-refractivity contribution < 1.29 is 9.90 Å². The Morgan fingerprint density at radius 3 is 2.69 bits per heavy atom. The maximum Gasteiger partial charge on any atom is 0.317 e. The van der Waals surface area contributed by atoms with Crippen LogP contribution in [0.5, 0.6) is 0 Å². The Labute approximate surface area is 104 Å². The summed E-state index contributed by atoms with van der Waals surface area (Å²) in [5.74, 6) is 0.876. The van der Waals surface area contributed by atoms with Crippen molar-refractivity contribution in [3.8, 4) is 0 Å². The fourth-order valence-corrected chi connectivity index (χ4v) is 3.38. The molecule has 0 bridgehead atoms. The lowest BCUT2D eigenvalue weighted by Gasteiger charge is -2.46. The van der Waals surface area contributed by atoms with E-state index in [-0.39, 0.29) is 19.0 Å². The number of hydrogen-bond acceptors (Lipinski definition) is 2. The maximum absolute atomic E-state index is 10.8. The molecule has 0 radical (unpaired) electrons. The molecule has 1 aliphatic carbocycles. The van der Waals surface area contributed by atoms with Gasteiger partial charge < -0.3 is 5.11 Å². The first-order valence-corrected chi connectivity index (χ1v) is 6.14. The summed E-state index contributed by atoms with van der Waals surface area (Å²) in [6, 6.07) is 0.554. The molecule has 3 nitrogen and oxygen atoms in total. The molecule has 1 heterocycles. The summed E-state index contributed by atoms with van der Waals surface area (Å²) in [7, 11) is 0. The number of nitrogens with zero attached hydrogens (tertiary/aromatic N) is 1. The number of aliphatic carboxylic acids is 1. The lowest BCUT2D eigenvalue weighted by molar-refractivity contribution is -0.140. The minimum Gasteiger partial charge on any atom is -0.480 e. The lowest BCUT2D eigenvalue weighted by atomic mass is 9.72. The summed E-state index contributed by atoms with van der Waals surface area (Å²) in [6.45, 7) is 3.56. The van der Waals surface area contributed by atoms with Crippen molar-refractivity contribution in [2.24, 2.45) is 11.8 Å². The number of carbonyl (C=O) groups is 1. The smallest absolute Gasteiger partial charge is 0.317 e. The van der Waals surface area contributed by atoms with E-state index in [1.165, 1.54) is 32.1 Å². The number of carboxylic acid groups (broad SMARTS) is 1. The number of rotatable bonds is 2. The Balaban J connectivity index is 0.00000128. The molecular weight excluding hydrogens is 226 g/mol. The number of carboxylic acids is 1. The second kappa shape index (κ2) is 5.87. The highest BCUT2D eigenvalue weighted by atomic mass is 35.5. The van der Waals surface area contributed by atoms with Crippen LogP contribution in [0.15, 0.2) is 0 Å². The predicted molar refractivity (Wildman–Crippen MR) is 66.0 cm³/mol. The predicted octanol–water partition coefficient (Wildman–Crippen LogP) is 2.39. The van der Waals surface area contributed by atoms with Gasteiger partial charge in [0.15, 0.2) is 0 Å². The van der Waals surface area contributed by atoms with Crippen molar-refractivity contribution in [2.75, 3.05) is 13.1 Å². The molecule has 94 valence electrons. The Bertz CT molecular complexity index is 247. The summed E-state index contributed by atoms with van der Waals surface area (Å²) >= 11 is 0. The van der Waals surface area contributed by atoms with Crippen molar-refractivity contribution in [3.63, 3.8) is 0 Å². The van der Waals surface area contributed by atoms with Crippen LogP contribution in [0.1, 0.15) is 39.0 Å². The third kappa shape index (κ3) is 2.89. The molecule has 2 rings (SSSR count). The zero-order valence-electron chi connectivity index (χ0n) is 9.89. The molecule has 2 fully saturated rings. The van der Waals surface area contributed by atoms with E-state index in [0.29, 0.717) is 6.04 Å². The Hall–Kier alpha value is -0.280. The summed E-state index contributed by atoms with van der Waals surface area (Å²) in [4.78, 5) is 13.0. The molecule has 1 aliphatic heterocycles. The van der Waals surface area contributed by atoms with Gasteiger partial charge in [-0.1, -0.05) is 19.8 Å². The average molecular weight is 248 g/mol. The van der Waals surface area contributed by atoms with E-state index in [2.05, 4.69) is 11.8 Å². The van der Waals surface area contributed by atoms with Crippen molar-refractivity contribution in [1.82, 2.24) is 4.90 Å². The van der Waals surface area contributed by atoms with E-state index in [9.17, 15) is 4.79 Å². The number of piperidine rings is 1.